The van der Waals surface area contributed by atoms with Gasteiger partial charge in [-0.1, -0.05) is 18.9 Å². The van der Waals surface area contributed by atoms with Gasteiger partial charge in [0, 0.05) is 61.4 Å². The molecule has 204 valence electrons. The number of likely N-dealkylation sites (tertiary alicyclic amines) is 1. The molecule has 3 N–H and O–H groups in total. The highest BCUT2D eigenvalue weighted by molar-refractivity contribution is 6.14. The highest BCUT2D eigenvalue weighted by Crippen LogP contribution is 2.32. The summed E-state index contributed by atoms with van der Waals surface area (Å²) >= 11 is 0. The van der Waals surface area contributed by atoms with Gasteiger partial charge in [0.15, 0.2) is 0 Å². The Morgan fingerprint density at radius 2 is 2.00 bits per heavy atom. The number of nitrogens with one attached hydrogen (secondary N) is 2. The Hall–Kier alpha value is -3.95. The van der Waals surface area contributed by atoms with Crippen LogP contribution in [-0.2, 0) is 14.4 Å². The number of benzene rings is 1. The summed E-state index contributed by atoms with van der Waals surface area (Å²) in [6.07, 6.45) is 7.26. The zero-order valence-electron chi connectivity index (χ0n) is 21.9. The molecule has 1 aromatic carbocycles. The molecule has 1 aromatic heterocycles. The lowest BCUT2D eigenvalue weighted by molar-refractivity contribution is -0.137. The Labute approximate surface area is 222 Å². The van der Waals surface area contributed by atoms with Crippen LogP contribution in [0, 0.1) is 5.41 Å². The van der Waals surface area contributed by atoms with E-state index in [4.69, 9.17) is 20.0 Å². The Morgan fingerprint density at radius 3 is 2.68 bits per heavy atom. The number of ether oxygens (including phenoxy) is 2. The maximum absolute atomic E-state index is 14.0. The highest BCUT2D eigenvalue weighted by atomic mass is 16.5. The standard InChI is InChI=1S/C28H36N4O6/c1-19(33)14-24(29)27(28(36)32-12-5-3-4-9-25(32)20-8-6-11-30-18-20)31-21-15-22(37-2)17-23(16-21)38-13-7-10-26(34)35/h6,8,11,15-18,25,27,29,31H,3-5,7,9-10,12-14H2,1-2H3,(H,34,35). The molecule has 2 atom stereocenters. The number of aromatic nitrogens is 1. The van der Waals surface area contributed by atoms with Crippen molar-refractivity contribution < 1.29 is 29.0 Å². The van der Waals surface area contributed by atoms with Crippen molar-refractivity contribution in [1.29, 1.82) is 5.41 Å². The minimum absolute atomic E-state index is 0.0121. The average molecular weight is 525 g/mol. The molecule has 1 fully saturated rings. The van der Waals surface area contributed by atoms with Crippen LogP contribution in [-0.4, -0.2) is 64.7 Å². The number of carbonyl (C=O) groups is 3. The van der Waals surface area contributed by atoms with Crippen LogP contribution in [0.3, 0.4) is 0 Å². The van der Waals surface area contributed by atoms with E-state index in [9.17, 15) is 14.4 Å². The molecular weight excluding hydrogens is 488 g/mol. The van der Waals surface area contributed by atoms with Gasteiger partial charge < -0.3 is 30.2 Å². The van der Waals surface area contributed by atoms with Crippen molar-refractivity contribution in [3.05, 3.63) is 48.3 Å². The molecule has 0 spiro atoms. The molecule has 0 radical (unpaired) electrons. The first-order chi connectivity index (χ1) is 18.3. The van der Waals surface area contributed by atoms with Crippen LogP contribution >= 0.6 is 0 Å². The molecule has 10 nitrogen and oxygen atoms in total. The second-order valence-electron chi connectivity index (χ2n) is 9.41. The molecule has 10 heteroatoms. The summed E-state index contributed by atoms with van der Waals surface area (Å²) in [4.78, 5) is 42.8. The summed E-state index contributed by atoms with van der Waals surface area (Å²) in [6, 6.07) is 7.59. The third kappa shape index (κ3) is 8.29. The summed E-state index contributed by atoms with van der Waals surface area (Å²) in [5.41, 5.74) is 1.40. The third-order valence-corrected chi connectivity index (χ3v) is 6.37. The van der Waals surface area contributed by atoms with E-state index in [1.807, 2.05) is 12.1 Å². The number of amides is 1. The van der Waals surface area contributed by atoms with Crippen molar-refractivity contribution in [3.8, 4) is 11.5 Å². The van der Waals surface area contributed by atoms with E-state index in [0.29, 0.717) is 30.2 Å². The van der Waals surface area contributed by atoms with Crippen molar-refractivity contribution in [3.63, 3.8) is 0 Å². The number of pyridine rings is 1. The van der Waals surface area contributed by atoms with Gasteiger partial charge in [-0.05, 0) is 37.8 Å². The Morgan fingerprint density at radius 1 is 1.21 bits per heavy atom. The largest absolute Gasteiger partial charge is 0.497 e. The van der Waals surface area contributed by atoms with Gasteiger partial charge in [0.05, 0.1) is 19.8 Å². The molecule has 1 saturated heterocycles. The van der Waals surface area contributed by atoms with Crippen LogP contribution in [0.4, 0.5) is 5.69 Å². The number of carboxylic acids is 1. The fourth-order valence-electron chi connectivity index (χ4n) is 4.56. The quantitative estimate of drug-likeness (QED) is 0.261. The van der Waals surface area contributed by atoms with Crippen molar-refractivity contribution in [2.45, 2.75) is 64.0 Å². The van der Waals surface area contributed by atoms with Crippen LogP contribution in [0.15, 0.2) is 42.7 Å². The van der Waals surface area contributed by atoms with E-state index in [1.54, 1.807) is 35.5 Å². The molecule has 2 heterocycles. The summed E-state index contributed by atoms with van der Waals surface area (Å²) < 4.78 is 11.1. The fraction of sp³-hybridized carbons (Fsp3) is 0.464. The number of anilines is 1. The highest BCUT2D eigenvalue weighted by Gasteiger charge is 2.34. The van der Waals surface area contributed by atoms with Gasteiger partial charge in [0.25, 0.3) is 5.91 Å². The topological polar surface area (TPSA) is 142 Å². The lowest BCUT2D eigenvalue weighted by Gasteiger charge is -2.34. The van der Waals surface area contributed by atoms with Gasteiger partial charge in [-0.3, -0.25) is 19.4 Å². The normalized spacial score (nSPS) is 16.2. The second-order valence-corrected chi connectivity index (χ2v) is 9.41. The second kappa shape index (κ2) is 14.1. The Kier molecular flexibility index (Phi) is 10.6. The number of aliphatic carboxylic acids is 1. The molecule has 38 heavy (non-hydrogen) atoms. The number of methoxy groups -OCH3 is 1. The maximum atomic E-state index is 14.0. The molecule has 1 aliphatic heterocycles. The number of ketones is 1. The van der Waals surface area contributed by atoms with Gasteiger partial charge in [-0.25, -0.2) is 0 Å². The van der Waals surface area contributed by atoms with Crippen LogP contribution in [0.1, 0.15) is 63.5 Å². The molecule has 0 bridgehead atoms. The van der Waals surface area contributed by atoms with Gasteiger partial charge >= 0.3 is 5.97 Å². The smallest absolute Gasteiger partial charge is 0.303 e. The molecular formula is C28H36N4O6. The van der Waals surface area contributed by atoms with E-state index < -0.39 is 12.0 Å². The number of hydrogen-bond donors (Lipinski definition) is 3. The Balaban J connectivity index is 1.89. The minimum atomic E-state index is -1.07. The summed E-state index contributed by atoms with van der Waals surface area (Å²) in [5, 5.41) is 20.7. The summed E-state index contributed by atoms with van der Waals surface area (Å²) in [7, 11) is 1.50. The zero-order chi connectivity index (χ0) is 27.5. The van der Waals surface area contributed by atoms with Gasteiger partial charge in [-0.15, -0.1) is 0 Å². The van der Waals surface area contributed by atoms with E-state index in [2.05, 4.69) is 10.3 Å². The van der Waals surface area contributed by atoms with E-state index in [1.165, 1.54) is 14.0 Å². The predicted molar refractivity (Wildman–Crippen MR) is 143 cm³/mol. The van der Waals surface area contributed by atoms with E-state index in [0.717, 1.165) is 31.2 Å². The van der Waals surface area contributed by atoms with Crippen molar-refractivity contribution in [2.75, 3.05) is 25.6 Å². The SMILES string of the molecule is COc1cc(NC(C(=N)CC(C)=O)C(=O)N2CCCCCC2c2cccnc2)cc(OCCCC(=O)O)c1. The van der Waals surface area contributed by atoms with Crippen molar-refractivity contribution in [2.24, 2.45) is 0 Å². The van der Waals surface area contributed by atoms with Crippen molar-refractivity contribution >= 4 is 29.1 Å². The number of hydrogen-bond acceptors (Lipinski definition) is 8. The molecule has 1 amide bonds. The van der Waals surface area contributed by atoms with Crippen LogP contribution in [0.25, 0.3) is 0 Å². The number of carboxylic acid groups (broad SMARTS) is 1. The first kappa shape index (κ1) is 28.6. The van der Waals surface area contributed by atoms with E-state index in [-0.39, 0.29) is 42.9 Å². The van der Waals surface area contributed by atoms with Crippen LogP contribution in [0.5, 0.6) is 11.5 Å². The predicted octanol–water partition coefficient (Wildman–Crippen LogP) is 4.26. The number of Topliss-reactive ketones (excluding diaryl/α,β-unsaturated/α-hetero) is 1. The number of carbonyl (C=O) groups excluding carboxylic acids is 2. The fourth-order valence-corrected chi connectivity index (χ4v) is 4.56. The average Bonchev–Trinajstić information content (AvgIpc) is 3.15. The maximum Gasteiger partial charge on any atom is 0.303 e. The van der Waals surface area contributed by atoms with Crippen molar-refractivity contribution in [1.82, 2.24) is 9.88 Å². The lowest BCUT2D eigenvalue weighted by Crippen LogP contribution is -2.48. The first-order valence-electron chi connectivity index (χ1n) is 12.9. The minimum Gasteiger partial charge on any atom is -0.497 e. The Bertz CT molecular complexity index is 1120. The molecule has 1 aliphatic rings. The number of nitrogens with zero attached hydrogens (tertiary/aromatic N) is 2. The molecule has 2 unspecified atom stereocenters. The molecule has 3 rings (SSSR count). The monoisotopic (exact) mass is 524 g/mol. The number of rotatable bonds is 13. The molecule has 2 aromatic rings. The van der Waals surface area contributed by atoms with Gasteiger partial charge in [0.1, 0.15) is 23.3 Å². The van der Waals surface area contributed by atoms with E-state index >= 15 is 0 Å². The summed E-state index contributed by atoms with van der Waals surface area (Å²) in [5.74, 6) is -0.480. The van der Waals surface area contributed by atoms with Crippen LogP contribution in [0.2, 0.25) is 0 Å². The molecule has 0 saturated carbocycles. The molecule has 0 aliphatic carbocycles. The third-order valence-electron chi connectivity index (χ3n) is 6.37. The van der Waals surface area contributed by atoms with Gasteiger partial charge in [0.2, 0.25) is 0 Å². The van der Waals surface area contributed by atoms with Crippen LogP contribution < -0.4 is 14.8 Å². The zero-order valence-corrected chi connectivity index (χ0v) is 21.9. The summed E-state index contributed by atoms with van der Waals surface area (Å²) in [6.45, 7) is 2.14. The van der Waals surface area contributed by atoms with Gasteiger partial charge in [-0.2, -0.15) is 0 Å². The lowest BCUT2D eigenvalue weighted by atomic mass is 9.99. The first-order valence-corrected chi connectivity index (χ1v) is 12.9.